The van der Waals surface area contributed by atoms with Crippen LogP contribution in [0, 0.1) is 11.9 Å². The number of benzene rings is 1. The summed E-state index contributed by atoms with van der Waals surface area (Å²) in [6.07, 6.45) is 6.52. The number of nitrogens with zero attached hydrogens (tertiary/aromatic N) is 5. The highest BCUT2D eigenvalue weighted by Crippen LogP contribution is 2.13. The first kappa shape index (κ1) is 23.0. The Morgan fingerprint density at radius 2 is 1.64 bits per heavy atom. The average molecular weight is 453 g/mol. The predicted molar refractivity (Wildman–Crippen MR) is 124 cm³/mol. The summed E-state index contributed by atoms with van der Waals surface area (Å²) in [5.74, 6) is 0.805. The molecule has 4 rings (SSSR count). The average Bonchev–Trinajstić information content (AvgIpc) is 2.85. The number of aromatic nitrogens is 4. The number of rotatable bonds is 10. The molecule has 9 heteroatoms. The fraction of sp³-hybridized carbons (Fsp3) is 0.417. The fourth-order valence-electron chi connectivity index (χ4n) is 3.88. The van der Waals surface area contributed by atoms with Gasteiger partial charge in [-0.15, -0.1) is 0 Å². The highest BCUT2D eigenvalue weighted by molar-refractivity contribution is 5.40. The second-order valence-electron chi connectivity index (χ2n) is 8.20. The van der Waals surface area contributed by atoms with Crippen LogP contribution >= 0.6 is 0 Å². The molecular weight excluding hydrogens is 423 g/mol. The molecule has 3 aromatic rings. The Labute approximate surface area is 192 Å². The summed E-state index contributed by atoms with van der Waals surface area (Å²) in [4.78, 5) is 18.1. The van der Waals surface area contributed by atoms with E-state index >= 15 is 0 Å². The van der Waals surface area contributed by atoms with Crippen LogP contribution in [0.4, 0.5) is 20.5 Å². The van der Waals surface area contributed by atoms with E-state index in [1.165, 1.54) is 32.4 Å². The normalized spacial score (nSPS) is 14.2. The van der Waals surface area contributed by atoms with E-state index in [0.29, 0.717) is 25.3 Å². The summed E-state index contributed by atoms with van der Waals surface area (Å²) in [5, 5.41) is 6.63. The van der Waals surface area contributed by atoms with Crippen LogP contribution in [-0.2, 0) is 19.4 Å². The van der Waals surface area contributed by atoms with Crippen molar-refractivity contribution in [3.63, 3.8) is 0 Å². The number of hydrogen-bond donors (Lipinski definition) is 2. The van der Waals surface area contributed by atoms with Crippen LogP contribution in [0.5, 0.6) is 0 Å². The minimum Gasteiger partial charge on any atom is -0.366 e. The van der Waals surface area contributed by atoms with Crippen molar-refractivity contribution in [2.75, 3.05) is 36.8 Å². The van der Waals surface area contributed by atoms with Crippen molar-refractivity contribution >= 4 is 11.8 Å². The van der Waals surface area contributed by atoms with Gasteiger partial charge >= 0.3 is 6.08 Å². The standard InChI is InChI=1S/C24H29F2N7/c25-20-17-30-23(26)31-21(20)9-8-18-4-6-19(7-5-18)16-29-22-10-11-27-24(32-22)28-12-15-33-13-2-1-3-14-33/h4-7,10-11,17H,1-3,8-9,12-16H2,(H2,27,28,29,32)/i26-1. The van der Waals surface area contributed by atoms with Crippen LogP contribution in [-0.4, -0.2) is 51.0 Å². The molecule has 1 aliphatic heterocycles. The summed E-state index contributed by atoms with van der Waals surface area (Å²) >= 11 is 0. The Balaban J connectivity index is 1.22. The molecule has 7 nitrogen and oxygen atoms in total. The Morgan fingerprint density at radius 1 is 0.848 bits per heavy atom. The molecule has 0 bridgehead atoms. The molecule has 0 atom stereocenters. The van der Waals surface area contributed by atoms with Crippen molar-refractivity contribution in [2.45, 2.75) is 38.6 Å². The van der Waals surface area contributed by atoms with E-state index in [-0.39, 0.29) is 5.69 Å². The number of halogens is 2. The van der Waals surface area contributed by atoms with Crippen LogP contribution in [0.25, 0.3) is 0 Å². The fourth-order valence-corrected chi connectivity index (χ4v) is 3.88. The summed E-state index contributed by atoms with van der Waals surface area (Å²) in [5.41, 5.74) is 2.22. The molecule has 0 aliphatic carbocycles. The summed E-state index contributed by atoms with van der Waals surface area (Å²) in [6.45, 7) is 4.82. The highest BCUT2D eigenvalue weighted by Gasteiger charge is 2.10. The van der Waals surface area contributed by atoms with E-state index in [2.05, 4.69) is 35.5 Å². The first-order chi connectivity index (χ1) is 16.2. The van der Waals surface area contributed by atoms with Crippen molar-refractivity contribution in [2.24, 2.45) is 0 Å². The van der Waals surface area contributed by atoms with E-state index < -0.39 is 11.9 Å². The molecule has 2 aromatic heterocycles. The molecule has 1 aliphatic rings. The van der Waals surface area contributed by atoms with Gasteiger partial charge in [-0.05, 0) is 56.0 Å². The van der Waals surface area contributed by atoms with E-state index in [1.54, 1.807) is 6.20 Å². The first-order valence-corrected chi connectivity index (χ1v) is 11.4. The van der Waals surface area contributed by atoms with Gasteiger partial charge in [-0.3, -0.25) is 0 Å². The topological polar surface area (TPSA) is 78.9 Å². The van der Waals surface area contributed by atoms with Gasteiger partial charge in [0.25, 0.3) is 0 Å². The molecular formula is C24H29F2N7. The molecule has 0 radical (unpaired) electrons. The number of likely N-dealkylation sites (tertiary alicyclic amines) is 1. The number of anilines is 2. The third-order valence-corrected chi connectivity index (χ3v) is 5.75. The van der Waals surface area contributed by atoms with E-state index in [1.807, 2.05) is 30.3 Å². The van der Waals surface area contributed by atoms with Crippen molar-refractivity contribution < 1.29 is 8.78 Å². The van der Waals surface area contributed by atoms with Gasteiger partial charge in [-0.1, -0.05) is 30.7 Å². The van der Waals surface area contributed by atoms with Gasteiger partial charge in [-0.2, -0.15) is 9.37 Å². The quantitative estimate of drug-likeness (QED) is 0.453. The van der Waals surface area contributed by atoms with Crippen LogP contribution in [0.3, 0.4) is 0 Å². The maximum atomic E-state index is 13.7. The lowest BCUT2D eigenvalue weighted by Gasteiger charge is -2.26. The third kappa shape index (κ3) is 7.15. The lowest BCUT2D eigenvalue weighted by molar-refractivity contribution is 0.237. The molecule has 0 unspecified atom stereocenters. The lowest BCUT2D eigenvalue weighted by atomic mass is 10.1. The molecule has 33 heavy (non-hydrogen) atoms. The molecule has 0 amide bonds. The molecule has 2 N–H and O–H groups in total. The Morgan fingerprint density at radius 3 is 2.45 bits per heavy atom. The Bertz CT molecular complexity index is 1020. The zero-order chi connectivity index (χ0) is 22.9. The van der Waals surface area contributed by atoms with Crippen LogP contribution in [0.1, 0.15) is 36.1 Å². The van der Waals surface area contributed by atoms with E-state index in [9.17, 15) is 8.78 Å². The maximum absolute atomic E-state index is 13.7. The molecule has 1 saturated heterocycles. The number of aryl methyl sites for hydroxylation is 2. The molecule has 1 fully saturated rings. The van der Waals surface area contributed by atoms with Gasteiger partial charge in [0.05, 0.1) is 11.9 Å². The monoisotopic (exact) mass is 452 g/mol. The van der Waals surface area contributed by atoms with Crippen molar-refractivity contribution in [3.8, 4) is 0 Å². The van der Waals surface area contributed by atoms with E-state index in [4.69, 9.17) is 0 Å². The molecule has 174 valence electrons. The SMILES string of the molecule is Fc1cnc([18F])nc1CCc1ccc(CNc2ccnc(NCCN3CCCCC3)n2)cc1. The zero-order valence-electron chi connectivity index (χ0n) is 18.6. The second-order valence-corrected chi connectivity index (χ2v) is 8.20. The summed E-state index contributed by atoms with van der Waals surface area (Å²) < 4.78 is 26.8. The highest BCUT2D eigenvalue weighted by atomic mass is 19.1. The van der Waals surface area contributed by atoms with Crippen LogP contribution < -0.4 is 10.6 Å². The minimum atomic E-state index is -0.905. The number of hydrogen-bond acceptors (Lipinski definition) is 7. The largest absolute Gasteiger partial charge is 0.366 e. The van der Waals surface area contributed by atoms with Gasteiger partial charge in [0.1, 0.15) is 5.82 Å². The van der Waals surface area contributed by atoms with Gasteiger partial charge in [-0.25, -0.2) is 19.3 Å². The van der Waals surface area contributed by atoms with E-state index in [0.717, 1.165) is 36.2 Å². The van der Waals surface area contributed by atoms with Crippen molar-refractivity contribution in [1.29, 1.82) is 0 Å². The van der Waals surface area contributed by atoms with Gasteiger partial charge in [0, 0.05) is 25.8 Å². The molecule has 0 spiro atoms. The number of piperidine rings is 1. The maximum Gasteiger partial charge on any atom is 0.308 e. The lowest BCUT2D eigenvalue weighted by Crippen LogP contribution is -2.33. The van der Waals surface area contributed by atoms with Gasteiger partial charge in [0.15, 0.2) is 5.82 Å². The van der Waals surface area contributed by atoms with Crippen molar-refractivity contribution in [3.05, 3.63) is 71.4 Å². The third-order valence-electron chi connectivity index (χ3n) is 5.75. The molecule has 3 heterocycles. The Kier molecular flexibility index (Phi) is 8.08. The van der Waals surface area contributed by atoms with Crippen LogP contribution in [0.15, 0.2) is 42.7 Å². The predicted octanol–water partition coefficient (Wildman–Crippen LogP) is 3.84. The Hall–Kier alpha value is -3.20. The van der Waals surface area contributed by atoms with Crippen molar-refractivity contribution in [1.82, 2.24) is 24.8 Å². The first-order valence-electron chi connectivity index (χ1n) is 11.4. The number of nitrogens with one attached hydrogen (secondary N) is 2. The summed E-state index contributed by atoms with van der Waals surface area (Å²) in [7, 11) is 0. The zero-order valence-corrected chi connectivity index (χ0v) is 18.6. The minimum absolute atomic E-state index is 0.0948. The van der Waals surface area contributed by atoms with Gasteiger partial charge in [0.2, 0.25) is 5.95 Å². The smallest absolute Gasteiger partial charge is 0.308 e. The molecule has 0 saturated carbocycles. The second kappa shape index (κ2) is 11.6. The van der Waals surface area contributed by atoms with Gasteiger partial charge < -0.3 is 15.5 Å². The molecule has 1 aromatic carbocycles. The summed E-state index contributed by atoms with van der Waals surface area (Å²) in [6, 6.07) is 9.84. The van der Waals surface area contributed by atoms with Crippen LogP contribution in [0.2, 0.25) is 0 Å².